The van der Waals surface area contributed by atoms with Crippen LogP contribution in [0.2, 0.25) is 0 Å². The van der Waals surface area contributed by atoms with Gasteiger partial charge in [0.25, 0.3) is 0 Å². The second-order valence-corrected chi connectivity index (χ2v) is 12.8. The van der Waals surface area contributed by atoms with Crippen molar-refractivity contribution in [3.63, 3.8) is 0 Å². The van der Waals surface area contributed by atoms with E-state index in [4.69, 9.17) is 43.6 Å². The van der Waals surface area contributed by atoms with E-state index in [9.17, 15) is 51.1 Å². The van der Waals surface area contributed by atoms with Gasteiger partial charge in [0.05, 0.1) is 24.9 Å². The maximum atomic E-state index is 11.2. The molecule has 4 aliphatic rings. The fourth-order valence-electron chi connectivity index (χ4n) is 6.11. The van der Waals surface area contributed by atoms with E-state index in [-0.39, 0.29) is 6.61 Å². The molecule has 4 aliphatic heterocycles. The van der Waals surface area contributed by atoms with Crippen molar-refractivity contribution in [1.29, 1.82) is 0 Å². The van der Waals surface area contributed by atoms with Crippen LogP contribution < -0.4 is 5.73 Å². The number of aliphatic hydroxyl groups excluding tert-OH is 10. The molecule has 282 valence electrons. The highest BCUT2D eigenvalue weighted by Crippen LogP contribution is 2.34. The second kappa shape index (κ2) is 17.6. The van der Waals surface area contributed by atoms with Crippen LogP contribution in [0.25, 0.3) is 0 Å². The van der Waals surface area contributed by atoms with Crippen LogP contribution >= 0.6 is 0 Å². The summed E-state index contributed by atoms with van der Waals surface area (Å²) in [7, 11) is 0. The molecule has 0 spiro atoms. The molecule has 4 heterocycles. The summed E-state index contributed by atoms with van der Waals surface area (Å²) in [6.45, 7) is 4.37. The molecular formula is C29H53NO18. The number of aliphatic hydroxyl groups is 10. The molecule has 0 unspecified atom stereocenters. The summed E-state index contributed by atoms with van der Waals surface area (Å²) in [5, 5.41) is 106. The third-order valence-corrected chi connectivity index (χ3v) is 9.20. The number of unbranched alkanes of at least 4 members (excludes halogenated alkanes) is 2. The molecule has 4 saturated heterocycles. The van der Waals surface area contributed by atoms with Gasteiger partial charge in [0, 0.05) is 6.61 Å². The molecule has 4 fully saturated rings. The topological polar surface area (TPSA) is 302 Å². The smallest absolute Gasteiger partial charge is 0.187 e. The number of hydrogen-bond donors (Lipinski definition) is 11. The Morgan fingerprint density at radius 1 is 0.479 bits per heavy atom. The Balaban J connectivity index is 1.42. The molecule has 0 amide bonds. The summed E-state index contributed by atoms with van der Waals surface area (Å²) in [5.41, 5.74) is 5.51. The Morgan fingerprint density at radius 3 is 1.50 bits per heavy atom. The monoisotopic (exact) mass is 703 g/mol. The lowest BCUT2D eigenvalue weighted by molar-refractivity contribution is -0.386. The normalized spacial score (nSPS) is 50.4. The lowest BCUT2D eigenvalue weighted by atomic mass is 9.96. The predicted octanol–water partition coefficient (Wildman–Crippen LogP) is -5.51. The van der Waals surface area contributed by atoms with Gasteiger partial charge < -0.3 is 94.7 Å². The lowest BCUT2D eigenvalue weighted by Gasteiger charge is -2.48. The molecular weight excluding hydrogens is 650 g/mol. The molecule has 0 radical (unpaired) electrons. The van der Waals surface area contributed by atoms with E-state index in [1.54, 1.807) is 6.92 Å². The van der Waals surface area contributed by atoms with E-state index in [1.165, 1.54) is 13.8 Å². The van der Waals surface area contributed by atoms with Crippen molar-refractivity contribution >= 4 is 0 Å². The van der Waals surface area contributed by atoms with Crippen LogP contribution in [0.4, 0.5) is 0 Å². The molecule has 0 bridgehead atoms. The van der Waals surface area contributed by atoms with Gasteiger partial charge in [0.15, 0.2) is 25.2 Å². The SMILES string of the molecule is C[C@@H]1O[C@H](O[C@H]2[C@H](O)[C@@H](O)[C@H](O[C@@H]3[C@@H](O)[C@H](C)O[C@@H](O[C@@H]4[C@@H](O)[C@H](C)O[C@@H](OCCCCCN)[C@@H]4O)[C@@H]3O)O[C@@H]2CO)[C@H](O)[C@H](O)[C@H]1O. The van der Waals surface area contributed by atoms with E-state index < -0.39 is 129 Å². The summed E-state index contributed by atoms with van der Waals surface area (Å²) < 4.78 is 45.2. The Hall–Kier alpha value is -0.760. The van der Waals surface area contributed by atoms with Crippen LogP contribution in [0, 0.1) is 0 Å². The van der Waals surface area contributed by atoms with Crippen molar-refractivity contribution < 1.29 is 89.0 Å². The van der Waals surface area contributed by atoms with Crippen molar-refractivity contribution in [2.75, 3.05) is 19.8 Å². The quantitative estimate of drug-likeness (QED) is 0.0797. The molecule has 0 aliphatic carbocycles. The van der Waals surface area contributed by atoms with E-state index in [0.717, 1.165) is 12.8 Å². The Kier molecular flexibility index (Phi) is 14.7. The van der Waals surface area contributed by atoms with E-state index in [0.29, 0.717) is 13.0 Å². The van der Waals surface area contributed by atoms with E-state index >= 15 is 0 Å². The van der Waals surface area contributed by atoms with Crippen molar-refractivity contribution in [2.24, 2.45) is 5.73 Å². The molecule has 0 aromatic heterocycles. The first-order chi connectivity index (χ1) is 22.7. The van der Waals surface area contributed by atoms with Gasteiger partial charge in [-0.3, -0.25) is 0 Å². The average molecular weight is 704 g/mol. The molecule has 0 aromatic rings. The van der Waals surface area contributed by atoms with Crippen LogP contribution in [0.5, 0.6) is 0 Å². The number of nitrogens with two attached hydrogens (primary N) is 1. The minimum Gasteiger partial charge on any atom is -0.394 e. The zero-order chi connectivity index (χ0) is 35.4. The van der Waals surface area contributed by atoms with Gasteiger partial charge in [-0.15, -0.1) is 0 Å². The van der Waals surface area contributed by atoms with Gasteiger partial charge in [-0.25, -0.2) is 0 Å². The summed E-state index contributed by atoms with van der Waals surface area (Å²) in [6.07, 6.45) is -27.5. The first kappa shape index (κ1) is 40.0. The first-order valence-electron chi connectivity index (χ1n) is 16.3. The molecule has 0 saturated carbocycles. The van der Waals surface area contributed by atoms with Crippen molar-refractivity contribution in [3.05, 3.63) is 0 Å². The maximum Gasteiger partial charge on any atom is 0.187 e. The molecule has 4 rings (SSSR count). The predicted molar refractivity (Wildman–Crippen MR) is 156 cm³/mol. The molecule has 19 heteroatoms. The van der Waals surface area contributed by atoms with Gasteiger partial charge >= 0.3 is 0 Å². The van der Waals surface area contributed by atoms with Crippen molar-refractivity contribution in [1.82, 2.24) is 0 Å². The first-order valence-corrected chi connectivity index (χ1v) is 16.3. The van der Waals surface area contributed by atoms with Crippen LogP contribution in [0.15, 0.2) is 0 Å². The van der Waals surface area contributed by atoms with E-state index in [1.807, 2.05) is 0 Å². The van der Waals surface area contributed by atoms with Crippen LogP contribution in [0.1, 0.15) is 40.0 Å². The average Bonchev–Trinajstić information content (AvgIpc) is 3.06. The fraction of sp³-hybridized carbons (Fsp3) is 1.00. The number of hydrogen-bond acceptors (Lipinski definition) is 19. The zero-order valence-corrected chi connectivity index (χ0v) is 27.1. The van der Waals surface area contributed by atoms with Crippen LogP contribution in [0.3, 0.4) is 0 Å². The lowest BCUT2D eigenvalue weighted by Crippen LogP contribution is -2.67. The van der Waals surface area contributed by atoms with Crippen LogP contribution in [-0.4, -0.2) is 194 Å². The largest absolute Gasteiger partial charge is 0.394 e. The third kappa shape index (κ3) is 8.81. The molecule has 0 aromatic carbocycles. The minimum absolute atomic E-state index is 0.244. The second-order valence-electron chi connectivity index (χ2n) is 12.8. The Labute approximate surface area is 277 Å². The highest BCUT2D eigenvalue weighted by molar-refractivity contribution is 4.97. The highest BCUT2D eigenvalue weighted by atomic mass is 16.8. The van der Waals surface area contributed by atoms with Gasteiger partial charge in [-0.2, -0.15) is 0 Å². The van der Waals surface area contributed by atoms with Crippen molar-refractivity contribution in [3.8, 4) is 0 Å². The number of rotatable bonds is 13. The van der Waals surface area contributed by atoms with Crippen LogP contribution in [-0.2, 0) is 37.9 Å². The molecule has 48 heavy (non-hydrogen) atoms. The van der Waals surface area contributed by atoms with Gasteiger partial charge in [0.2, 0.25) is 0 Å². The third-order valence-electron chi connectivity index (χ3n) is 9.20. The fourth-order valence-corrected chi connectivity index (χ4v) is 6.11. The van der Waals surface area contributed by atoms with Crippen molar-refractivity contribution in [2.45, 2.75) is 163 Å². The maximum absolute atomic E-state index is 11.2. The summed E-state index contributed by atoms with van der Waals surface area (Å²) in [6, 6.07) is 0. The summed E-state index contributed by atoms with van der Waals surface area (Å²) in [4.78, 5) is 0. The number of ether oxygens (including phenoxy) is 8. The summed E-state index contributed by atoms with van der Waals surface area (Å²) >= 11 is 0. The zero-order valence-electron chi connectivity index (χ0n) is 27.1. The summed E-state index contributed by atoms with van der Waals surface area (Å²) in [5.74, 6) is 0. The standard InChI is InChI=1S/C29H53NO18/c1-10-14(32)17(35)19(37)27(43-10)46-23-13(9-31)45-28(20(38)18(23)36)47-25-16(34)12(3)44-29(22(25)40)48-24-15(33)11(2)42-26(21(24)39)41-8-6-4-5-7-30/h10-29,31-40H,4-9,30H2,1-3H3/t10-,11-,12-,13+,14-,15-,16-,17+,18+,19+,20+,21+,22+,23+,24+,25+,26+,27+,28-,29-/m0/s1. The molecule has 19 nitrogen and oxygen atoms in total. The van der Waals surface area contributed by atoms with Gasteiger partial charge in [-0.05, 0) is 46.6 Å². The van der Waals surface area contributed by atoms with E-state index in [2.05, 4.69) is 0 Å². The molecule has 20 atom stereocenters. The molecule has 12 N–H and O–H groups in total. The minimum atomic E-state index is -1.91. The Bertz CT molecular complexity index is 969. The Morgan fingerprint density at radius 2 is 0.938 bits per heavy atom. The highest BCUT2D eigenvalue weighted by Gasteiger charge is 2.54. The van der Waals surface area contributed by atoms with Gasteiger partial charge in [-0.1, -0.05) is 0 Å². The van der Waals surface area contributed by atoms with Gasteiger partial charge in [0.1, 0.15) is 79.4 Å².